The van der Waals surface area contributed by atoms with Crippen LogP contribution in [0.15, 0.2) is 0 Å². The van der Waals surface area contributed by atoms with E-state index in [-0.39, 0.29) is 5.60 Å². The first kappa shape index (κ1) is 12.0. The van der Waals surface area contributed by atoms with Crippen molar-refractivity contribution in [3.8, 4) is 0 Å². The molecule has 2 heteroatoms. The summed E-state index contributed by atoms with van der Waals surface area (Å²) < 4.78 is 5.96. The first-order valence-electron chi connectivity index (χ1n) is 4.92. The second-order valence-corrected chi connectivity index (χ2v) is 5.18. The summed E-state index contributed by atoms with van der Waals surface area (Å²) in [5, 5.41) is 0. The van der Waals surface area contributed by atoms with E-state index in [1.54, 1.807) is 0 Å². The second-order valence-electron chi connectivity index (χ2n) is 5.18. The van der Waals surface area contributed by atoms with Crippen LogP contribution in [0.1, 0.15) is 48.5 Å². The molecule has 0 aromatic rings. The lowest BCUT2D eigenvalue weighted by Gasteiger charge is -2.30. The third-order valence-corrected chi connectivity index (χ3v) is 1.80. The van der Waals surface area contributed by atoms with Crippen LogP contribution < -0.4 is 0 Å². The molecule has 0 radical (unpaired) electrons. The molecule has 72 valence electrons. The summed E-state index contributed by atoms with van der Waals surface area (Å²) >= 11 is 0. The molecule has 0 rings (SSSR count). The van der Waals surface area contributed by atoms with Crippen LogP contribution in [0.3, 0.4) is 0 Å². The van der Waals surface area contributed by atoms with E-state index in [4.69, 9.17) is 4.65 Å². The highest BCUT2D eigenvalue weighted by atomic mass is 16.5. The maximum absolute atomic E-state index is 5.96. The van der Waals surface area contributed by atoms with E-state index in [0.717, 1.165) is 0 Å². The van der Waals surface area contributed by atoms with Gasteiger partial charge in [-0.05, 0) is 32.4 Å². The first-order valence-corrected chi connectivity index (χ1v) is 4.92. The average Bonchev–Trinajstić information content (AvgIpc) is 1.79. The Morgan fingerprint density at radius 1 is 0.917 bits per heavy atom. The molecule has 0 aliphatic heterocycles. The minimum absolute atomic E-state index is 0.0147. The van der Waals surface area contributed by atoms with Crippen molar-refractivity contribution in [1.29, 1.82) is 0 Å². The van der Waals surface area contributed by atoms with Gasteiger partial charge in [0.25, 0.3) is 6.92 Å². The summed E-state index contributed by atoms with van der Waals surface area (Å²) in [6.07, 6.45) is 0. The molecule has 0 aliphatic rings. The Bertz CT molecular complexity index is 116. The normalized spacial score (nSPS) is 12.8. The third kappa shape index (κ3) is 4.81. The largest absolute Gasteiger partial charge is 0.431 e. The summed E-state index contributed by atoms with van der Waals surface area (Å²) in [4.78, 5) is 0. The van der Waals surface area contributed by atoms with Gasteiger partial charge in [-0.25, -0.2) is 0 Å². The van der Waals surface area contributed by atoms with Gasteiger partial charge in [0.1, 0.15) is 0 Å². The Labute approximate surface area is 78.0 Å². The predicted molar refractivity (Wildman–Crippen MR) is 56.8 cm³/mol. The van der Waals surface area contributed by atoms with Crippen LogP contribution in [0, 0.1) is 0 Å². The van der Waals surface area contributed by atoms with Crippen molar-refractivity contribution >= 4 is 6.92 Å². The zero-order valence-electron chi connectivity index (χ0n) is 9.64. The van der Waals surface area contributed by atoms with Gasteiger partial charge in [0.15, 0.2) is 0 Å². The zero-order valence-corrected chi connectivity index (χ0v) is 9.64. The lowest BCUT2D eigenvalue weighted by molar-refractivity contribution is 0.122. The highest BCUT2D eigenvalue weighted by Gasteiger charge is 2.28. The Kier molecular flexibility index (Phi) is 4.32. The van der Waals surface area contributed by atoms with Gasteiger partial charge in [-0.15, -0.1) is 0 Å². The van der Waals surface area contributed by atoms with Crippen molar-refractivity contribution in [3.05, 3.63) is 0 Å². The quantitative estimate of drug-likeness (QED) is 0.588. The number of hydrogen-bond donors (Lipinski definition) is 0. The van der Waals surface area contributed by atoms with E-state index >= 15 is 0 Å². The van der Waals surface area contributed by atoms with E-state index in [2.05, 4.69) is 48.5 Å². The van der Waals surface area contributed by atoms with Crippen LogP contribution in [0.4, 0.5) is 0 Å². The molecular weight excluding hydrogens is 147 g/mol. The summed E-state index contributed by atoms with van der Waals surface area (Å²) in [7, 11) is 0. The van der Waals surface area contributed by atoms with E-state index in [0.29, 0.717) is 18.6 Å². The molecule has 0 amide bonds. The van der Waals surface area contributed by atoms with Gasteiger partial charge < -0.3 is 4.65 Å². The summed E-state index contributed by atoms with van der Waals surface area (Å²) in [5.41, 5.74) is -0.0147. The van der Waals surface area contributed by atoms with Crippen molar-refractivity contribution < 1.29 is 4.65 Å². The van der Waals surface area contributed by atoms with Crippen LogP contribution in [0.25, 0.3) is 0 Å². The van der Waals surface area contributed by atoms with Crippen molar-refractivity contribution in [3.63, 3.8) is 0 Å². The Balaban J connectivity index is 4.15. The topological polar surface area (TPSA) is 9.23 Å². The fourth-order valence-corrected chi connectivity index (χ4v) is 1.45. The van der Waals surface area contributed by atoms with E-state index in [9.17, 15) is 0 Å². The van der Waals surface area contributed by atoms with E-state index in [1.807, 2.05) is 0 Å². The van der Waals surface area contributed by atoms with Gasteiger partial charge in [-0.1, -0.05) is 27.7 Å². The third-order valence-electron chi connectivity index (χ3n) is 1.80. The predicted octanol–water partition coefficient (Wildman–Crippen LogP) is 3.61. The van der Waals surface area contributed by atoms with Gasteiger partial charge in [0.05, 0.1) is 0 Å². The van der Waals surface area contributed by atoms with Crippen LogP contribution >= 0.6 is 0 Å². The molecule has 0 unspecified atom stereocenters. The lowest BCUT2D eigenvalue weighted by atomic mass is 9.49. The fourth-order valence-electron chi connectivity index (χ4n) is 1.45. The molecule has 0 atom stereocenters. The Morgan fingerprint density at radius 2 is 1.25 bits per heavy atom. The molecule has 0 aromatic carbocycles. The molecular formula is C10H23BO. The Hall–Kier alpha value is 0.0249. The Morgan fingerprint density at radius 3 is 1.33 bits per heavy atom. The lowest BCUT2D eigenvalue weighted by Crippen LogP contribution is -2.34. The smallest absolute Gasteiger partial charge is 0.298 e. The summed E-state index contributed by atoms with van der Waals surface area (Å²) in [6, 6.07) is 0. The van der Waals surface area contributed by atoms with Gasteiger partial charge in [-0.2, -0.15) is 0 Å². The van der Waals surface area contributed by atoms with Crippen molar-refractivity contribution in [1.82, 2.24) is 0 Å². The SMILES string of the molecule is CC(C)B(OC(C)(C)C)C(C)C. The molecule has 1 nitrogen and oxygen atoms in total. The van der Waals surface area contributed by atoms with Crippen LogP contribution in [-0.4, -0.2) is 12.5 Å². The molecule has 0 saturated carbocycles. The molecule has 0 N–H and O–H groups in total. The molecule has 12 heavy (non-hydrogen) atoms. The second kappa shape index (κ2) is 4.31. The van der Waals surface area contributed by atoms with Gasteiger partial charge >= 0.3 is 0 Å². The monoisotopic (exact) mass is 170 g/mol. The van der Waals surface area contributed by atoms with Crippen LogP contribution in [0.2, 0.25) is 11.6 Å². The minimum Gasteiger partial charge on any atom is -0.431 e. The molecule has 0 aromatic heterocycles. The molecule has 0 bridgehead atoms. The molecule has 0 heterocycles. The van der Waals surface area contributed by atoms with E-state index in [1.165, 1.54) is 0 Å². The summed E-state index contributed by atoms with van der Waals surface area (Å²) in [5.74, 6) is 1.20. The van der Waals surface area contributed by atoms with Crippen molar-refractivity contribution in [2.45, 2.75) is 65.7 Å². The average molecular weight is 170 g/mol. The van der Waals surface area contributed by atoms with Crippen LogP contribution in [-0.2, 0) is 4.65 Å². The highest BCUT2D eigenvalue weighted by Crippen LogP contribution is 2.25. The van der Waals surface area contributed by atoms with Gasteiger partial charge in [-0.3, -0.25) is 0 Å². The van der Waals surface area contributed by atoms with Crippen molar-refractivity contribution in [2.24, 2.45) is 0 Å². The van der Waals surface area contributed by atoms with Crippen molar-refractivity contribution in [2.75, 3.05) is 0 Å². The maximum atomic E-state index is 5.96. The summed E-state index contributed by atoms with van der Waals surface area (Å²) in [6.45, 7) is 15.6. The molecule has 0 aliphatic carbocycles. The highest BCUT2D eigenvalue weighted by molar-refractivity contribution is 6.55. The molecule has 0 spiro atoms. The fraction of sp³-hybridized carbons (Fsp3) is 1.00. The van der Waals surface area contributed by atoms with Crippen LogP contribution in [0.5, 0.6) is 0 Å². The molecule has 0 saturated heterocycles. The van der Waals surface area contributed by atoms with Gasteiger partial charge in [0.2, 0.25) is 0 Å². The minimum atomic E-state index is -0.0147. The zero-order chi connectivity index (χ0) is 9.94. The standard InChI is InChI=1S/C10H23BO/c1-8(2)11(9(3)4)12-10(5,6)7/h8-9H,1-7H3. The maximum Gasteiger partial charge on any atom is 0.298 e. The molecule has 0 fully saturated rings. The first-order chi connectivity index (χ1) is 5.24. The number of rotatable bonds is 3. The van der Waals surface area contributed by atoms with Gasteiger partial charge in [0, 0.05) is 5.60 Å². The van der Waals surface area contributed by atoms with E-state index < -0.39 is 0 Å². The number of hydrogen-bond acceptors (Lipinski definition) is 1.